The molecule has 2 aromatic heterocycles. The Morgan fingerprint density at radius 3 is 1.51 bits per heavy atom. The quantitative estimate of drug-likeness (QED) is 0.182. The Morgan fingerprint density at radius 2 is 0.918 bits per heavy atom. The van der Waals surface area contributed by atoms with Crippen LogP contribution in [0.1, 0.15) is 15.1 Å². The van der Waals surface area contributed by atoms with Gasteiger partial charge >= 0.3 is 0 Å². The minimum Gasteiger partial charge on any atom is -0.455 e. The highest BCUT2D eigenvalue weighted by atomic mass is 16.3. The third-order valence-electron chi connectivity index (χ3n) is 8.17. The molecule has 0 atom stereocenters. The third-order valence-corrected chi connectivity index (χ3v) is 8.17. The number of hydrogen-bond donors (Lipinski definition) is 0. The van der Waals surface area contributed by atoms with Gasteiger partial charge in [0.1, 0.15) is 11.2 Å². The molecule has 0 amide bonds. The minimum atomic E-state index is -0.680. The summed E-state index contributed by atoms with van der Waals surface area (Å²) in [6, 6.07) is 28.2. The molecule has 2 heterocycles. The predicted molar refractivity (Wildman–Crippen MR) is 200 cm³/mol. The van der Waals surface area contributed by atoms with Crippen molar-refractivity contribution in [2.75, 3.05) is 0 Å². The second kappa shape index (κ2) is 12.2. The van der Waals surface area contributed by atoms with Crippen molar-refractivity contribution in [2.45, 2.75) is 0 Å². The maximum Gasteiger partial charge on any atom is 0.167 e. The monoisotopic (exact) mass is 638 g/mol. The topological polar surface area (TPSA) is 51.8 Å². The van der Waals surface area contributed by atoms with Crippen LogP contribution in [-0.2, 0) is 0 Å². The second-order valence-corrected chi connectivity index (χ2v) is 11.2. The summed E-state index contributed by atoms with van der Waals surface area (Å²) < 4.78 is 102. The lowest BCUT2D eigenvalue weighted by Gasteiger charge is -2.10. The fourth-order valence-electron chi connectivity index (χ4n) is 5.70. The zero-order valence-electron chi connectivity index (χ0n) is 36.6. The van der Waals surface area contributed by atoms with Gasteiger partial charge in [0.05, 0.1) is 20.6 Å². The lowest BCUT2D eigenvalue weighted by atomic mass is 10.0. The summed E-state index contributed by atoms with van der Waals surface area (Å²) in [5.74, 6) is 0.365. The van der Waals surface area contributed by atoms with E-state index >= 15 is 0 Å². The molecule has 0 spiro atoms. The smallest absolute Gasteiger partial charge is 0.167 e. The molecule has 9 rings (SSSR count). The molecule has 0 aliphatic carbocycles. The van der Waals surface area contributed by atoms with Crippen LogP contribution in [0.2, 0.25) is 0 Å². The van der Waals surface area contributed by atoms with Crippen molar-refractivity contribution in [3.8, 4) is 67.5 Å². The summed E-state index contributed by atoms with van der Waals surface area (Å²) in [6.07, 6.45) is 0. The second-order valence-electron chi connectivity index (χ2n) is 11.2. The van der Waals surface area contributed by atoms with Gasteiger partial charge < -0.3 is 4.42 Å². The van der Waals surface area contributed by atoms with Gasteiger partial charge in [0, 0.05) is 21.9 Å². The Balaban J connectivity index is 1.30. The van der Waals surface area contributed by atoms with E-state index in [-0.39, 0.29) is 45.0 Å². The standard InChI is InChI=1S/C45H29N3O/c1-4-11-30(12-5-1)33-19-23-35(24-20-33)43-46-44(36-25-21-34(22-26-36)31-13-6-2-7-14-31)48-45(47-43)40-18-10-17-39-38-28-27-37(29-41(38)49-42(39)40)32-15-8-3-9-16-32/h1-29H/i3D,8D,9D,10D,15D,16D,17D,18D,27D,28D,29D. The van der Waals surface area contributed by atoms with Crippen LogP contribution < -0.4 is 0 Å². The van der Waals surface area contributed by atoms with Crippen LogP contribution in [0.5, 0.6) is 0 Å². The van der Waals surface area contributed by atoms with Crippen molar-refractivity contribution in [1.82, 2.24) is 15.0 Å². The molecule has 49 heavy (non-hydrogen) atoms. The number of para-hydroxylation sites is 1. The molecule has 0 radical (unpaired) electrons. The van der Waals surface area contributed by atoms with Crippen molar-refractivity contribution in [3.63, 3.8) is 0 Å². The molecule has 0 fully saturated rings. The lowest BCUT2D eigenvalue weighted by molar-refractivity contribution is 0.669. The molecule has 9 aromatic rings. The van der Waals surface area contributed by atoms with E-state index in [4.69, 9.17) is 33.1 Å². The van der Waals surface area contributed by atoms with Gasteiger partial charge in [0.2, 0.25) is 0 Å². The fourth-order valence-corrected chi connectivity index (χ4v) is 5.70. The highest BCUT2D eigenvalue weighted by molar-refractivity contribution is 6.10. The summed E-state index contributed by atoms with van der Waals surface area (Å²) in [4.78, 5) is 14.5. The zero-order valence-corrected chi connectivity index (χ0v) is 25.6. The van der Waals surface area contributed by atoms with Gasteiger partial charge in [-0.3, -0.25) is 0 Å². The van der Waals surface area contributed by atoms with Crippen LogP contribution in [0, 0.1) is 0 Å². The molecule has 0 unspecified atom stereocenters. The molecule has 0 N–H and O–H groups in total. The number of nitrogens with zero attached hydrogens (tertiary/aromatic N) is 3. The Hall–Kier alpha value is -6.65. The number of fused-ring (bicyclic) bond motifs is 3. The van der Waals surface area contributed by atoms with Gasteiger partial charge in [-0.05, 0) is 51.5 Å². The molecule has 0 saturated heterocycles. The molecule has 0 aliphatic heterocycles. The van der Waals surface area contributed by atoms with E-state index in [1.165, 1.54) is 0 Å². The molecule has 0 saturated carbocycles. The van der Waals surface area contributed by atoms with Crippen LogP contribution >= 0.6 is 0 Å². The van der Waals surface area contributed by atoms with Gasteiger partial charge in [0.15, 0.2) is 17.5 Å². The number of benzene rings is 7. The van der Waals surface area contributed by atoms with Gasteiger partial charge in [-0.25, -0.2) is 15.0 Å². The van der Waals surface area contributed by atoms with Crippen molar-refractivity contribution < 1.29 is 19.5 Å². The van der Waals surface area contributed by atoms with E-state index in [0.29, 0.717) is 11.1 Å². The van der Waals surface area contributed by atoms with Gasteiger partial charge in [-0.15, -0.1) is 0 Å². The molecule has 0 bridgehead atoms. The molecular formula is C45H29N3O. The number of aromatic nitrogens is 3. The molecule has 4 nitrogen and oxygen atoms in total. The van der Waals surface area contributed by atoms with E-state index in [2.05, 4.69) is 0 Å². The Morgan fingerprint density at radius 1 is 0.388 bits per heavy atom. The molecule has 7 aromatic carbocycles. The number of furan rings is 1. The average molecular weight is 639 g/mol. The lowest BCUT2D eigenvalue weighted by Crippen LogP contribution is -2.00. The van der Waals surface area contributed by atoms with E-state index in [1.54, 1.807) is 0 Å². The number of hydrogen-bond acceptors (Lipinski definition) is 4. The zero-order chi connectivity index (χ0) is 42.1. The van der Waals surface area contributed by atoms with Gasteiger partial charge in [0.25, 0.3) is 0 Å². The van der Waals surface area contributed by atoms with Crippen LogP contribution in [-0.4, -0.2) is 15.0 Å². The van der Waals surface area contributed by atoms with Crippen molar-refractivity contribution in [1.29, 1.82) is 0 Å². The first-order valence-electron chi connectivity index (χ1n) is 21.0. The van der Waals surface area contributed by atoms with E-state index in [1.807, 2.05) is 109 Å². The summed E-state index contributed by atoms with van der Waals surface area (Å²) in [6.45, 7) is 0. The summed E-state index contributed by atoms with van der Waals surface area (Å²) in [5.41, 5.74) is 3.62. The summed E-state index contributed by atoms with van der Waals surface area (Å²) in [5, 5.41) is -0.318. The molecule has 4 heteroatoms. The summed E-state index contributed by atoms with van der Waals surface area (Å²) in [7, 11) is 0. The first kappa shape index (κ1) is 19.2. The minimum absolute atomic E-state index is 0.0909. The van der Waals surface area contributed by atoms with E-state index < -0.39 is 77.6 Å². The van der Waals surface area contributed by atoms with Crippen LogP contribution in [0.15, 0.2) is 180 Å². The number of rotatable bonds is 6. The Bertz CT molecular complexity index is 3060. The SMILES string of the molecule is [2H]c1c([2H])c([2H])c(-c2c([2H])c([2H])c3c(oc4c(-c5nc(-c6ccc(-c7ccccc7)cc6)nc(-c6ccc(-c7ccccc7)cc6)n5)c([2H])c([2H])c([2H])c43)c2[2H])c([2H])c1[2H]. The molecule has 0 aliphatic rings. The van der Waals surface area contributed by atoms with Crippen LogP contribution in [0.3, 0.4) is 0 Å². The Kier molecular flexibility index (Phi) is 4.78. The summed E-state index contributed by atoms with van der Waals surface area (Å²) >= 11 is 0. The fraction of sp³-hybridized carbons (Fsp3) is 0. The first-order valence-corrected chi connectivity index (χ1v) is 15.5. The largest absolute Gasteiger partial charge is 0.455 e. The van der Waals surface area contributed by atoms with E-state index in [0.717, 1.165) is 22.3 Å². The maximum absolute atomic E-state index is 9.21. The van der Waals surface area contributed by atoms with E-state index in [9.17, 15) is 1.37 Å². The Labute approximate surface area is 299 Å². The van der Waals surface area contributed by atoms with Gasteiger partial charge in [-0.2, -0.15) is 0 Å². The van der Waals surface area contributed by atoms with Crippen LogP contribution in [0.25, 0.3) is 89.5 Å². The van der Waals surface area contributed by atoms with Crippen molar-refractivity contribution >= 4 is 21.9 Å². The molecule has 230 valence electrons. The highest BCUT2D eigenvalue weighted by Gasteiger charge is 2.18. The first-order chi connectivity index (χ1) is 28.8. The normalized spacial score (nSPS) is 14.4. The average Bonchev–Trinajstić information content (AvgIpc) is 3.69. The van der Waals surface area contributed by atoms with Crippen molar-refractivity contribution in [3.05, 3.63) is 176 Å². The highest BCUT2D eigenvalue weighted by Crippen LogP contribution is 2.37. The maximum atomic E-state index is 9.21. The van der Waals surface area contributed by atoms with Crippen molar-refractivity contribution in [2.24, 2.45) is 0 Å². The van der Waals surface area contributed by atoms with Gasteiger partial charge in [-0.1, -0.05) is 158 Å². The third kappa shape index (κ3) is 5.45. The predicted octanol–water partition coefficient (Wildman–Crippen LogP) is 11.8. The van der Waals surface area contributed by atoms with Crippen LogP contribution in [0.4, 0.5) is 0 Å². The molecular weight excluding hydrogens is 599 g/mol.